The summed E-state index contributed by atoms with van der Waals surface area (Å²) < 4.78 is 51.6. The molecule has 3 heterocycles. The first kappa shape index (κ1) is 23.6. The molecule has 1 fully saturated rings. The van der Waals surface area contributed by atoms with Crippen LogP contribution < -0.4 is 20.7 Å². The zero-order chi connectivity index (χ0) is 24.5. The van der Waals surface area contributed by atoms with Crippen molar-refractivity contribution in [3.05, 3.63) is 30.1 Å². The van der Waals surface area contributed by atoms with Crippen molar-refractivity contribution >= 4 is 28.6 Å². The van der Waals surface area contributed by atoms with E-state index >= 15 is 0 Å². The Morgan fingerprint density at radius 2 is 2.03 bits per heavy atom. The summed E-state index contributed by atoms with van der Waals surface area (Å²) in [6.45, 7) is 2.75. The average molecular weight is 478 g/mol. The minimum atomic E-state index is -4.66. The summed E-state index contributed by atoms with van der Waals surface area (Å²) >= 11 is 0. The first-order valence-electron chi connectivity index (χ1n) is 10.7. The number of hydrogen-bond acceptors (Lipinski definition) is 7. The first-order valence-corrected chi connectivity index (χ1v) is 10.7. The van der Waals surface area contributed by atoms with E-state index in [1.54, 1.807) is 6.07 Å². The second-order valence-corrected chi connectivity index (χ2v) is 8.07. The number of carbonyl (C=O) groups is 1. The second-order valence-electron chi connectivity index (χ2n) is 8.07. The van der Waals surface area contributed by atoms with Crippen molar-refractivity contribution in [1.82, 2.24) is 20.3 Å². The smallest absolute Gasteiger partial charge is 0.419 e. The molecule has 2 aromatic heterocycles. The van der Waals surface area contributed by atoms with E-state index in [0.717, 1.165) is 19.0 Å². The molecule has 1 saturated heterocycles. The van der Waals surface area contributed by atoms with Crippen LogP contribution in [-0.2, 0) is 10.9 Å². The predicted octanol–water partition coefficient (Wildman–Crippen LogP) is 4.38. The van der Waals surface area contributed by atoms with Crippen LogP contribution in [0.4, 0.5) is 29.6 Å². The largest absolute Gasteiger partial charge is 0.492 e. The van der Waals surface area contributed by atoms with E-state index in [2.05, 4.69) is 42.6 Å². The monoisotopic (exact) mass is 478 g/mol. The summed E-state index contributed by atoms with van der Waals surface area (Å²) in [6.07, 6.45) is -1.34. The molecule has 1 aliphatic rings. The Morgan fingerprint density at radius 1 is 1.24 bits per heavy atom. The lowest BCUT2D eigenvalue weighted by Crippen LogP contribution is -2.43. The zero-order valence-corrected chi connectivity index (χ0v) is 18.8. The van der Waals surface area contributed by atoms with Crippen molar-refractivity contribution < 1.29 is 27.4 Å². The highest BCUT2D eigenvalue weighted by atomic mass is 19.4. The van der Waals surface area contributed by atoms with Gasteiger partial charge in [-0.1, -0.05) is 0 Å². The van der Waals surface area contributed by atoms with Crippen molar-refractivity contribution in [3.63, 3.8) is 0 Å². The van der Waals surface area contributed by atoms with Gasteiger partial charge in [0, 0.05) is 42.0 Å². The van der Waals surface area contributed by atoms with Gasteiger partial charge in [-0.2, -0.15) is 13.2 Å². The van der Waals surface area contributed by atoms with Gasteiger partial charge in [0.15, 0.2) is 5.75 Å². The first-order chi connectivity index (χ1) is 16.2. The number of carbonyl (C=O) groups excluding carboxylic acids is 1. The van der Waals surface area contributed by atoms with Gasteiger partial charge in [-0.05, 0) is 31.9 Å². The van der Waals surface area contributed by atoms with Crippen molar-refractivity contribution in [1.29, 1.82) is 0 Å². The van der Waals surface area contributed by atoms with E-state index in [9.17, 15) is 18.0 Å². The maximum Gasteiger partial charge on any atom is 0.419 e. The fourth-order valence-corrected chi connectivity index (χ4v) is 4.01. The summed E-state index contributed by atoms with van der Waals surface area (Å²) in [7, 11) is 2.61. The highest BCUT2D eigenvalue weighted by molar-refractivity contribution is 6.03. The van der Waals surface area contributed by atoms with Crippen LogP contribution in [0.2, 0.25) is 0 Å². The summed E-state index contributed by atoms with van der Waals surface area (Å²) in [5, 5.41) is 9.43. The number of H-pyrrole nitrogens is 1. The van der Waals surface area contributed by atoms with E-state index < -0.39 is 17.8 Å². The molecule has 0 saturated carbocycles. The second kappa shape index (κ2) is 9.37. The van der Waals surface area contributed by atoms with Gasteiger partial charge in [-0.15, -0.1) is 0 Å². The molecule has 1 aliphatic heterocycles. The molecule has 1 aromatic carbocycles. The van der Waals surface area contributed by atoms with Crippen LogP contribution >= 0.6 is 0 Å². The number of aromatic nitrogens is 3. The van der Waals surface area contributed by atoms with E-state index in [1.165, 1.54) is 26.5 Å². The lowest BCUT2D eigenvalue weighted by molar-refractivity contribution is -0.137. The SMILES string of the molecule is COC(=O)Nc1ccc2c(-c3nc(N[C@H]4CC[C@@H](C)NC4)ncc3C(F)(F)F)c[nH]c2c1OC. The number of nitrogens with one attached hydrogen (secondary N) is 4. The van der Waals surface area contributed by atoms with E-state index in [0.29, 0.717) is 29.2 Å². The molecule has 4 N–H and O–H groups in total. The molecule has 1 amide bonds. The Balaban J connectivity index is 1.77. The van der Waals surface area contributed by atoms with Gasteiger partial charge >= 0.3 is 12.3 Å². The molecule has 0 bridgehead atoms. The molecule has 3 aromatic rings. The van der Waals surface area contributed by atoms with Crippen LogP contribution in [0.25, 0.3) is 22.2 Å². The number of ether oxygens (including phenoxy) is 2. The molecule has 0 spiro atoms. The zero-order valence-electron chi connectivity index (χ0n) is 18.8. The molecule has 4 rings (SSSR count). The van der Waals surface area contributed by atoms with Gasteiger partial charge in [0.05, 0.1) is 31.1 Å². The number of fused-ring (bicyclic) bond motifs is 1. The molecular weight excluding hydrogens is 453 g/mol. The van der Waals surface area contributed by atoms with Gasteiger partial charge in [-0.3, -0.25) is 5.32 Å². The Hall–Kier alpha value is -3.54. The molecule has 0 aliphatic carbocycles. The Bertz CT molecular complexity index is 1190. The van der Waals surface area contributed by atoms with Crippen molar-refractivity contribution in [2.75, 3.05) is 31.4 Å². The highest BCUT2D eigenvalue weighted by Gasteiger charge is 2.36. The molecule has 0 unspecified atom stereocenters. The van der Waals surface area contributed by atoms with E-state index in [4.69, 9.17) is 4.74 Å². The van der Waals surface area contributed by atoms with E-state index in [-0.39, 0.29) is 29.0 Å². The number of methoxy groups -OCH3 is 2. The highest BCUT2D eigenvalue weighted by Crippen LogP contribution is 2.42. The average Bonchev–Trinajstić information content (AvgIpc) is 3.23. The number of amides is 1. The lowest BCUT2D eigenvalue weighted by Gasteiger charge is -2.28. The third-order valence-corrected chi connectivity index (χ3v) is 5.78. The summed E-state index contributed by atoms with van der Waals surface area (Å²) in [5.74, 6) is 0.368. The molecule has 182 valence electrons. The standard InChI is InChI=1S/C22H25F3N6O3/c1-11-4-5-12(8-26-11)29-20-28-10-15(22(23,24)25)17(31-20)14-9-27-18-13(14)6-7-16(19(18)33-2)30-21(32)34-3/h6-7,9-12,26-27H,4-5,8H2,1-3H3,(H,30,32)(H,28,29,31)/t11-,12+/m1/s1. The Kier molecular flexibility index (Phi) is 6.51. The van der Waals surface area contributed by atoms with Gasteiger partial charge < -0.3 is 25.1 Å². The minimum Gasteiger partial charge on any atom is -0.492 e. The number of hydrogen-bond donors (Lipinski definition) is 4. The van der Waals surface area contributed by atoms with Crippen molar-refractivity contribution in [2.24, 2.45) is 0 Å². The third kappa shape index (κ3) is 4.72. The van der Waals surface area contributed by atoms with Gasteiger partial charge in [0.2, 0.25) is 5.95 Å². The number of benzene rings is 1. The number of aromatic amines is 1. The maximum atomic E-state index is 13.9. The summed E-state index contributed by atoms with van der Waals surface area (Å²) in [5.41, 5.74) is -0.284. The minimum absolute atomic E-state index is 0.0100. The van der Waals surface area contributed by atoms with Crippen LogP contribution in [0.15, 0.2) is 24.5 Å². The van der Waals surface area contributed by atoms with Gasteiger partial charge in [-0.25, -0.2) is 14.8 Å². The van der Waals surface area contributed by atoms with Crippen LogP contribution in [0, 0.1) is 0 Å². The number of nitrogens with zero attached hydrogens (tertiary/aromatic N) is 2. The van der Waals surface area contributed by atoms with Crippen LogP contribution in [-0.4, -0.2) is 53.9 Å². The van der Waals surface area contributed by atoms with Crippen molar-refractivity contribution in [2.45, 2.75) is 38.0 Å². The number of alkyl halides is 3. The van der Waals surface area contributed by atoms with Crippen LogP contribution in [0.5, 0.6) is 5.75 Å². The third-order valence-electron chi connectivity index (χ3n) is 5.78. The van der Waals surface area contributed by atoms with Gasteiger partial charge in [0.1, 0.15) is 5.56 Å². The number of rotatable bonds is 5. The molecule has 2 atom stereocenters. The summed E-state index contributed by atoms with van der Waals surface area (Å²) in [6, 6.07) is 3.51. The topological polar surface area (TPSA) is 113 Å². The molecule has 9 nitrogen and oxygen atoms in total. The fraction of sp³-hybridized carbons (Fsp3) is 0.409. The number of piperidine rings is 1. The Labute approximate surface area is 193 Å². The maximum absolute atomic E-state index is 13.9. The molecular formula is C22H25F3N6O3. The molecule has 0 radical (unpaired) electrons. The Morgan fingerprint density at radius 3 is 2.68 bits per heavy atom. The summed E-state index contributed by atoms with van der Waals surface area (Å²) in [4.78, 5) is 22.8. The fourth-order valence-electron chi connectivity index (χ4n) is 4.01. The predicted molar refractivity (Wildman–Crippen MR) is 121 cm³/mol. The molecule has 34 heavy (non-hydrogen) atoms. The van der Waals surface area contributed by atoms with E-state index in [1.807, 2.05) is 0 Å². The lowest BCUT2D eigenvalue weighted by atomic mass is 10.0. The number of anilines is 2. The number of halogens is 3. The van der Waals surface area contributed by atoms with Crippen LogP contribution in [0.1, 0.15) is 25.3 Å². The van der Waals surface area contributed by atoms with Crippen molar-refractivity contribution in [3.8, 4) is 17.0 Å². The molecule has 12 heteroatoms. The normalized spacial score (nSPS) is 18.5. The van der Waals surface area contributed by atoms with Gasteiger partial charge in [0.25, 0.3) is 0 Å². The quantitative estimate of drug-likeness (QED) is 0.430. The van der Waals surface area contributed by atoms with Crippen LogP contribution in [0.3, 0.4) is 0 Å².